The van der Waals surface area contributed by atoms with E-state index in [0.717, 1.165) is 16.8 Å². The van der Waals surface area contributed by atoms with Crippen LogP contribution in [0.1, 0.15) is 26.5 Å². The number of benzene rings is 1. The quantitative estimate of drug-likeness (QED) is 0.447. The molecule has 28 heavy (non-hydrogen) atoms. The van der Waals surface area contributed by atoms with E-state index in [1.54, 1.807) is 35.0 Å². The molecular weight excluding hydrogens is 380 g/mol. The van der Waals surface area contributed by atoms with Gasteiger partial charge in [0.25, 0.3) is 11.6 Å². The molecule has 0 aliphatic carbocycles. The highest BCUT2D eigenvalue weighted by Crippen LogP contribution is 2.22. The number of ether oxygens (including phenoxy) is 1. The van der Waals surface area contributed by atoms with Gasteiger partial charge in [-0.2, -0.15) is 5.10 Å². The number of rotatable bonds is 7. The third-order valence-electron chi connectivity index (χ3n) is 4.41. The molecule has 2 heterocycles. The lowest BCUT2D eigenvalue weighted by atomic mass is 10.2. The first-order valence-electron chi connectivity index (χ1n) is 8.52. The van der Waals surface area contributed by atoms with Crippen LogP contribution in [0.5, 0.6) is 5.75 Å². The highest BCUT2D eigenvalue weighted by molar-refractivity contribution is 7.12. The minimum Gasteiger partial charge on any atom is -0.489 e. The molecule has 0 radical (unpaired) electrons. The van der Waals surface area contributed by atoms with Gasteiger partial charge in [0.15, 0.2) is 0 Å². The first-order valence-corrected chi connectivity index (χ1v) is 9.40. The molecule has 0 fully saturated rings. The fourth-order valence-electron chi connectivity index (χ4n) is 2.61. The first kappa shape index (κ1) is 19.6. The highest BCUT2D eigenvalue weighted by atomic mass is 32.1. The number of nitro groups is 1. The van der Waals surface area contributed by atoms with Crippen LogP contribution in [0.25, 0.3) is 0 Å². The normalized spacial score (nSPS) is 10.7. The molecule has 0 aliphatic rings. The Morgan fingerprint density at radius 2 is 2.07 bits per heavy atom. The van der Waals surface area contributed by atoms with E-state index in [2.05, 4.69) is 5.10 Å². The van der Waals surface area contributed by atoms with E-state index >= 15 is 0 Å². The van der Waals surface area contributed by atoms with Crippen LogP contribution in [-0.4, -0.2) is 32.6 Å². The maximum absolute atomic E-state index is 12.7. The predicted molar refractivity (Wildman–Crippen MR) is 105 cm³/mol. The van der Waals surface area contributed by atoms with Gasteiger partial charge in [0.1, 0.15) is 12.4 Å². The van der Waals surface area contributed by atoms with Gasteiger partial charge in [-0.25, -0.2) is 0 Å². The number of non-ortho nitro benzene ring substituents is 1. The Labute approximate surface area is 166 Å². The molecule has 8 nitrogen and oxygen atoms in total. The van der Waals surface area contributed by atoms with E-state index < -0.39 is 4.92 Å². The standard InChI is InChI=1S/C19H20N4O4S/c1-13-15(9-20-22(13)3)10-21(2)19(24)18-8-14(12-28-18)11-27-17-6-4-16(5-7-17)23(25)26/h4-9,12H,10-11H2,1-3H3. The van der Waals surface area contributed by atoms with E-state index in [1.165, 1.54) is 23.5 Å². The fourth-order valence-corrected chi connectivity index (χ4v) is 3.50. The molecule has 9 heteroatoms. The van der Waals surface area contributed by atoms with E-state index in [-0.39, 0.29) is 18.2 Å². The SMILES string of the molecule is Cc1c(CN(C)C(=O)c2cc(COc3ccc([N+](=O)[O-])cc3)cs2)cnn1C. The van der Waals surface area contributed by atoms with Crippen LogP contribution >= 0.6 is 11.3 Å². The van der Waals surface area contributed by atoms with Crippen molar-refractivity contribution in [1.82, 2.24) is 14.7 Å². The molecule has 2 aromatic heterocycles. The van der Waals surface area contributed by atoms with Crippen molar-refractivity contribution in [1.29, 1.82) is 0 Å². The fraction of sp³-hybridized carbons (Fsp3) is 0.263. The second-order valence-corrected chi connectivity index (χ2v) is 7.31. The Balaban J connectivity index is 1.58. The van der Waals surface area contributed by atoms with Gasteiger partial charge in [-0.05, 0) is 30.5 Å². The summed E-state index contributed by atoms with van der Waals surface area (Å²) in [4.78, 5) is 25.2. The van der Waals surface area contributed by atoms with Gasteiger partial charge >= 0.3 is 0 Å². The molecule has 0 N–H and O–H groups in total. The van der Waals surface area contributed by atoms with Crippen molar-refractivity contribution in [2.24, 2.45) is 7.05 Å². The number of aryl methyl sites for hydroxylation is 1. The predicted octanol–water partition coefficient (Wildman–Crippen LogP) is 3.55. The Morgan fingerprint density at radius 1 is 1.36 bits per heavy atom. The van der Waals surface area contributed by atoms with E-state index in [9.17, 15) is 14.9 Å². The zero-order chi connectivity index (χ0) is 20.3. The summed E-state index contributed by atoms with van der Waals surface area (Å²) in [5.74, 6) is 0.476. The number of nitro benzene ring substituents is 1. The Hall–Kier alpha value is -3.20. The average molecular weight is 400 g/mol. The van der Waals surface area contributed by atoms with Crippen molar-refractivity contribution < 1.29 is 14.5 Å². The lowest BCUT2D eigenvalue weighted by Gasteiger charge is -2.15. The van der Waals surface area contributed by atoms with Crippen molar-refractivity contribution in [3.8, 4) is 5.75 Å². The van der Waals surface area contributed by atoms with Crippen LogP contribution in [0.3, 0.4) is 0 Å². The number of amides is 1. The van der Waals surface area contributed by atoms with E-state index in [4.69, 9.17) is 4.74 Å². The van der Waals surface area contributed by atoms with Crippen molar-refractivity contribution in [3.63, 3.8) is 0 Å². The summed E-state index contributed by atoms with van der Waals surface area (Å²) in [6.07, 6.45) is 1.77. The van der Waals surface area contributed by atoms with Gasteiger partial charge in [0.2, 0.25) is 0 Å². The lowest BCUT2D eigenvalue weighted by molar-refractivity contribution is -0.384. The van der Waals surface area contributed by atoms with Crippen LogP contribution in [0.4, 0.5) is 5.69 Å². The number of aromatic nitrogens is 2. The summed E-state index contributed by atoms with van der Waals surface area (Å²) >= 11 is 1.37. The Kier molecular flexibility index (Phi) is 5.74. The van der Waals surface area contributed by atoms with Gasteiger partial charge < -0.3 is 9.64 Å². The molecule has 0 aliphatic heterocycles. The molecule has 1 aromatic carbocycles. The molecule has 146 valence electrons. The molecule has 0 atom stereocenters. The van der Waals surface area contributed by atoms with Gasteiger partial charge in [-0.15, -0.1) is 11.3 Å². The summed E-state index contributed by atoms with van der Waals surface area (Å²) in [7, 11) is 3.64. The number of nitrogens with zero attached hydrogens (tertiary/aromatic N) is 4. The third kappa shape index (κ3) is 4.37. The minimum absolute atomic E-state index is 0.0163. The van der Waals surface area contributed by atoms with Crippen LogP contribution in [0.15, 0.2) is 41.9 Å². The summed E-state index contributed by atoms with van der Waals surface area (Å²) in [6, 6.07) is 7.72. The van der Waals surface area contributed by atoms with Crippen LogP contribution in [0, 0.1) is 17.0 Å². The first-order chi connectivity index (χ1) is 13.3. The number of carbonyl (C=O) groups is 1. The lowest BCUT2D eigenvalue weighted by Crippen LogP contribution is -2.25. The zero-order valence-corrected chi connectivity index (χ0v) is 16.6. The van der Waals surface area contributed by atoms with E-state index in [1.807, 2.05) is 25.4 Å². The van der Waals surface area contributed by atoms with Crippen molar-refractivity contribution in [2.75, 3.05) is 7.05 Å². The van der Waals surface area contributed by atoms with Crippen LogP contribution in [0.2, 0.25) is 0 Å². The number of hydrogen-bond donors (Lipinski definition) is 0. The van der Waals surface area contributed by atoms with Crippen molar-refractivity contribution in [2.45, 2.75) is 20.1 Å². The molecular formula is C19H20N4O4S. The average Bonchev–Trinajstić information content (AvgIpc) is 3.28. The molecule has 0 saturated carbocycles. The number of thiophene rings is 1. The molecule has 0 saturated heterocycles. The minimum atomic E-state index is -0.454. The molecule has 0 spiro atoms. The zero-order valence-electron chi connectivity index (χ0n) is 15.8. The number of hydrogen-bond acceptors (Lipinski definition) is 6. The van der Waals surface area contributed by atoms with E-state index in [0.29, 0.717) is 17.2 Å². The highest BCUT2D eigenvalue weighted by Gasteiger charge is 2.16. The summed E-state index contributed by atoms with van der Waals surface area (Å²) in [5, 5.41) is 16.8. The van der Waals surface area contributed by atoms with Gasteiger partial charge in [-0.1, -0.05) is 0 Å². The van der Waals surface area contributed by atoms with Crippen molar-refractivity contribution in [3.05, 3.63) is 73.7 Å². The monoisotopic (exact) mass is 400 g/mol. The van der Waals surface area contributed by atoms with Crippen LogP contribution < -0.4 is 4.74 Å². The van der Waals surface area contributed by atoms with Crippen LogP contribution in [-0.2, 0) is 20.2 Å². The Morgan fingerprint density at radius 3 is 2.68 bits per heavy atom. The largest absolute Gasteiger partial charge is 0.489 e. The smallest absolute Gasteiger partial charge is 0.269 e. The maximum Gasteiger partial charge on any atom is 0.269 e. The van der Waals surface area contributed by atoms with Crippen molar-refractivity contribution >= 4 is 22.9 Å². The Bertz CT molecular complexity index is 994. The second-order valence-electron chi connectivity index (χ2n) is 6.40. The maximum atomic E-state index is 12.7. The second kappa shape index (κ2) is 8.22. The molecule has 1 amide bonds. The summed E-state index contributed by atoms with van der Waals surface area (Å²) < 4.78 is 7.43. The van der Waals surface area contributed by atoms with Gasteiger partial charge in [0, 0.05) is 49.6 Å². The van der Waals surface area contributed by atoms with Gasteiger partial charge in [0.05, 0.1) is 16.0 Å². The topological polar surface area (TPSA) is 90.5 Å². The molecule has 0 unspecified atom stereocenters. The molecule has 0 bridgehead atoms. The molecule has 3 aromatic rings. The molecule has 3 rings (SSSR count). The number of carbonyl (C=O) groups excluding carboxylic acids is 1. The summed E-state index contributed by atoms with van der Waals surface area (Å²) in [5.41, 5.74) is 2.93. The van der Waals surface area contributed by atoms with Gasteiger partial charge in [-0.3, -0.25) is 19.6 Å². The summed E-state index contributed by atoms with van der Waals surface area (Å²) in [6.45, 7) is 2.75. The third-order valence-corrected chi connectivity index (χ3v) is 5.38.